The molecule has 1 saturated carbocycles. The summed E-state index contributed by atoms with van der Waals surface area (Å²) in [5, 5.41) is 17.5. The molecular weight excluding hydrogens is 372 g/mol. The van der Waals surface area contributed by atoms with E-state index < -0.39 is 0 Å². The zero-order valence-electron chi connectivity index (χ0n) is 16.3. The summed E-state index contributed by atoms with van der Waals surface area (Å²) >= 11 is 6.52. The van der Waals surface area contributed by atoms with E-state index in [0.29, 0.717) is 28.9 Å². The molecule has 1 aliphatic rings. The van der Waals surface area contributed by atoms with Crippen LogP contribution in [0, 0.1) is 24.2 Å². The van der Waals surface area contributed by atoms with Gasteiger partial charge in [-0.05, 0) is 37.3 Å². The highest BCUT2D eigenvalue weighted by Gasteiger charge is 2.24. The van der Waals surface area contributed by atoms with E-state index in [2.05, 4.69) is 17.3 Å². The monoisotopic (exact) mass is 396 g/mol. The van der Waals surface area contributed by atoms with Crippen LogP contribution in [-0.4, -0.2) is 21.7 Å². The second-order valence-electron chi connectivity index (χ2n) is 7.44. The van der Waals surface area contributed by atoms with Crippen LogP contribution in [0.15, 0.2) is 35.9 Å². The van der Waals surface area contributed by atoms with E-state index >= 15 is 0 Å². The lowest BCUT2D eigenvalue weighted by Gasteiger charge is -2.29. The van der Waals surface area contributed by atoms with Gasteiger partial charge < -0.3 is 5.32 Å². The quantitative estimate of drug-likeness (QED) is 0.597. The minimum Gasteiger partial charge on any atom is -0.348 e. The second kappa shape index (κ2) is 9.07. The molecule has 0 saturated heterocycles. The number of benzene rings is 1. The number of aryl methyl sites for hydroxylation is 1. The van der Waals surface area contributed by atoms with Crippen LogP contribution >= 0.6 is 11.6 Å². The molecule has 1 aromatic heterocycles. The number of amides is 1. The molecule has 1 aromatic carbocycles. The van der Waals surface area contributed by atoms with Gasteiger partial charge in [0.2, 0.25) is 0 Å². The molecule has 2 aromatic rings. The van der Waals surface area contributed by atoms with Gasteiger partial charge in [0.1, 0.15) is 16.8 Å². The van der Waals surface area contributed by atoms with Crippen molar-refractivity contribution in [3.05, 3.63) is 57.9 Å². The van der Waals surface area contributed by atoms with Crippen molar-refractivity contribution in [1.82, 2.24) is 15.1 Å². The number of rotatable bonds is 5. The molecular formula is C22H25ClN4O. The molecule has 6 heteroatoms. The Morgan fingerprint density at radius 3 is 2.75 bits per heavy atom. The Kier molecular flexibility index (Phi) is 6.53. The summed E-state index contributed by atoms with van der Waals surface area (Å²) in [6, 6.07) is 12.0. The van der Waals surface area contributed by atoms with Crippen molar-refractivity contribution in [3.63, 3.8) is 0 Å². The summed E-state index contributed by atoms with van der Waals surface area (Å²) in [5.41, 5.74) is 2.43. The molecule has 1 N–H and O–H groups in total. The fourth-order valence-corrected chi connectivity index (χ4v) is 3.95. The van der Waals surface area contributed by atoms with E-state index in [0.717, 1.165) is 24.8 Å². The molecule has 2 atom stereocenters. The number of carbonyl (C=O) groups excluding carboxylic acids is 1. The van der Waals surface area contributed by atoms with E-state index in [-0.39, 0.29) is 17.5 Å². The Bertz CT molecular complexity index is 911. The summed E-state index contributed by atoms with van der Waals surface area (Å²) in [6.07, 6.45) is 5.92. The molecule has 146 valence electrons. The lowest BCUT2D eigenvalue weighted by atomic mass is 9.86. The summed E-state index contributed by atoms with van der Waals surface area (Å²) in [6.45, 7) is 4.51. The first kappa shape index (κ1) is 20.2. The predicted molar refractivity (Wildman–Crippen MR) is 111 cm³/mol. The van der Waals surface area contributed by atoms with Gasteiger partial charge in [-0.1, -0.05) is 61.7 Å². The molecule has 2 unspecified atom stereocenters. The van der Waals surface area contributed by atoms with E-state index in [1.165, 1.54) is 6.42 Å². The Balaban J connectivity index is 1.80. The first-order valence-electron chi connectivity index (χ1n) is 9.69. The van der Waals surface area contributed by atoms with E-state index in [9.17, 15) is 10.1 Å². The Hall–Kier alpha value is -2.58. The van der Waals surface area contributed by atoms with Crippen LogP contribution in [0.1, 0.15) is 49.4 Å². The fourth-order valence-electron chi connectivity index (χ4n) is 3.66. The number of halogens is 1. The van der Waals surface area contributed by atoms with Gasteiger partial charge in [0.25, 0.3) is 5.91 Å². The zero-order valence-corrected chi connectivity index (χ0v) is 17.0. The zero-order chi connectivity index (χ0) is 20.1. The van der Waals surface area contributed by atoms with Gasteiger partial charge in [-0.3, -0.25) is 4.79 Å². The van der Waals surface area contributed by atoms with Gasteiger partial charge in [0.15, 0.2) is 0 Å². The average Bonchev–Trinajstić information content (AvgIpc) is 2.95. The molecule has 3 rings (SSSR count). The van der Waals surface area contributed by atoms with Crippen LogP contribution < -0.4 is 5.32 Å². The highest BCUT2D eigenvalue weighted by Crippen LogP contribution is 2.26. The third-order valence-electron chi connectivity index (χ3n) is 5.37. The second-order valence-corrected chi connectivity index (χ2v) is 7.80. The molecule has 1 fully saturated rings. The van der Waals surface area contributed by atoms with Crippen molar-refractivity contribution < 1.29 is 4.79 Å². The van der Waals surface area contributed by atoms with Gasteiger partial charge in [0.05, 0.1) is 12.2 Å². The van der Waals surface area contributed by atoms with E-state index in [1.807, 2.05) is 43.3 Å². The number of hydrogen-bond donors (Lipinski definition) is 1. The first-order valence-corrected chi connectivity index (χ1v) is 10.1. The molecule has 0 spiro atoms. The lowest BCUT2D eigenvalue weighted by Crippen LogP contribution is -2.41. The van der Waals surface area contributed by atoms with Crippen LogP contribution in [0.5, 0.6) is 0 Å². The minimum atomic E-state index is -0.340. The van der Waals surface area contributed by atoms with Crippen LogP contribution in [0.2, 0.25) is 5.15 Å². The minimum absolute atomic E-state index is 0.0574. The third kappa shape index (κ3) is 4.63. The van der Waals surface area contributed by atoms with Crippen LogP contribution in [-0.2, 0) is 11.3 Å². The molecule has 1 heterocycles. The maximum Gasteiger partial charge on any atom is 0.262 e. The Labute approximate surface area is 171 Å². The Morgan fingerprint density at radius 2 is 2.07 bits per heavy atom. The van der Waals surface area contributed by atoms with Crippen molar-refractivity contribution >= 4 is 23.6 Å². The van der Waals surface area contributed by atoms with Gasteiger partial charge in [-0.15, -0.1) is 0 Å². The van der Waals surface area contributed by atoms with E-state index in [4.69, 9.17) is 11.6 Å². The fraction of sp³-hybridized carbons (Fsp3) is 0.409. The predicted octanol–water partition coefficient (Wildman–Crippen LogP) is 4.50. The summed E-state index contributed by atoms with van der Waals surface area (Å²) in [4.78, 5) is 12.6. The van der Waals surface area contributed by atoms with Crippen molar-refractivity contribution in [1.29, 1.82) is 5.26 Å². The van der Waals surface area contributed by atoms with Crippen LogP contribution in [0.4, 0.5) is 0 Å². The van der Waals surface area contributed by atoms with Crippen LogP contribution in [0.3, 0.4) is 0 Å². The number of hydrogen-bond acceptors (Lipinski definition) is 3. The smallest absolute Gasteiger partial charge is 0.262 e. The topological polar surface area (TPSA) is 70.7 Å². The van der Waals surface area contributed by atoms with Gasteiger partial charge >= 0.3 is 0 Å². The maximum absolute atomic E-state index is 12.6. The van der Waals surface area contributed by atoms with Gasteiger partial charge in [0, 0.05) is 11.6 Å². The first-order chi connectivity index (χ1) is 13.5. The molecule has 1 amide bonds. The normalized spacial score (nSPS) is 19.9. The van der Waals surface area contributed by atoms with E-state index in [1.54, 1.807) is 10.8 Å². The van der Waals surface area contributed by atoms with Gasteiger partial charge in [-0.25, -0.2) is 4.68 Å². The third-order valence-corrected chi connectivity index (χ3v) is 5.76. The number of aromatic nitrogens is 2. The molecule has 0 aliphatic heterocycles. The summed E-state index contributed by atoms with van der Waals surface area (Å²) < 4.78 is 1.69. The standard InChI is InChI=1S/C22H25ClN4O/c1-15-8-6-7-11-20(15)25-22(28)18(13-24)12-19-16(2)26-27(21(19)23)14-17-9-4-3-5-10-17/h3-5,9-10,12,15,20H,6-8,11,14H2,1-2H3,(H,25,28)/b18-12+. The van der Waals surface area contributed by atoms with Crippen molar-refractivity contribution in [2.24, 2.45) is 5.92 Å². The average molecular weight is 397 g/mol. The largest absolute Gasteiger partial charge is 0.348 e. The van der Waals surface area contributed by atoms with Gasteiger partial charge in [-0.2, -0.15) is 10.4 Å². The Morgan fingerprint density at radius 1 is 1.36 bits per heavy atom. The molecule has 5 nitrogen and oxygen atoms in total. The van der Waals surface area contributed by atoms with Crippen molar-refractivity contribution in [2.45, 2.75) is 52.1 Å². The highest BCUT2D eigenvalue weighted by atomic mass is 35.5. The molecule has 0 bridgehead atoms. The molecule has 1 aliphatic carbocycles. The number of nitriles is 1. The lowest BCUT2D eigenvalue weighted by molar-refractivity contribution is -0.118. The number of carbonyl (C=O) groups is 1. The number of nitrogens with one attached hydrogen (secondary N) is 1. The SMILES string of the molecule is Cc1nn(Cc2ccccc2)c(Cl)c1/C=C(\C#N)C(=O)NC1CCCCC1C. The summed E-state index contributed by atoms with van der Waals surface area (Å²) in [7, 11) is 0. The van der Waals surface area contributed by atoms with Crippen molar-refractivity contribution in [2.75, 3.05) is 0 Å². The van der Waals surface area contributed by atoms with Crippen molar-refractivity contribution in [3.8, 4) is 6.07 Å². The highest BCUT2D eigenvalue weighted by molar-refractivity contribution is 6.31. The number of nitrogens with zero attached hydrogens (tertiary/aromatic N) is 3. The van der Waals surface area contributed by atoms with Crippen LogP contribution in [0.25, 0.3) is 6.08 Å². The summed E-state index contributed by atoms with van der Waals surface area (Å²) in [5.74, 6) is 0.0871. The maximum atomic E-state index is 12.6. The molecule has 0 radical (unpaired) electrons. The molecule has 28 heavy (non-hydrogen) atoms.